The van der Waals surface area contributed by atoms with Crippen LogP contribution in [0.4, 0.5) is 0 Å². The zero-order valence-corrected chi connectivity index (χ0v) is 8.20. The van der Waals surface area contributed by atoms with Gasteiger partial charge in [-0.15, -0.1) is 0 Å². The summed E-state index contributed by atoms with van der Waals surface area (Å²) in [4.78, 5) is 13.0. The van der Waals surface area contributed by atoms with E-state index in [1.807, 2.05) is 6.92 Å². The van der Waals surface area contributed by atoms with Gasteiger partial charge in [-0.25, -0.2) is 0 Å². The average molecular weight is 185 g/mol. The lowest BCUT2D eigenvalue weighted by Crippen LogP contribution is -2.45. The van der Waals surface area contributed by atoms with E-state index in [-0.39, 0.29) is 17.9 Å². The van der Waals surface area contributed by atoms with Crippen molar-refractivity contribution >= 4 is 5.91 Å². The highest BCUT2D eigenvalue weighted by Gasteiger charge is 2.19. The minimum absolute atomic E-state index is 0.0645. The molecule has 1 rings (SSSR count). The van der Waals surface area contributed by atoms with Gasteiger partial charge in [0, 0.05) is 25.0 Å². The van der Waals surface area contributed by atoms with E-state index in [1.165, 1.54) is 0 Å². The fraction of sp³-hybridized carbons (Fsp3) is 0.889. The van der Waals surface area contributed by atoms with Crippen molar-refractivity contribution < 1.29 is 4.79 Å². The molecule has 2 atom stereocenters. The maximum atomic E-state index is 10.8. The molecule has 1 fully saturated rings. The lowest BCUT2D eigenvalue weighted by Gasteiger charge is -2.31. The van der Waals surface area contributed by atoms with Crippen molar-refractivity contribution in [2.45, 2.75) is 25.8 Å². The Morgan fingerprint density at radius 1 is 1.69 bits per heavy atom. The molecule has 0 saturated carbocycles. The molecule has 1 amide bonds. The van der Waals surface area contributed by atoms with Crippen LogP contribution in [0.1, 0.15) is 19.8 Å². The van der Waals surface area contributed by atoms with Crippen LogP contribution in [0.15, 0.2) is 0 Å². The molecule has 0 aromatic heterocycles. The molecule has 1 aliphatic rings. The molecule has 4 N–H and O–H groups in total. The summed E-state index contributed by atoms with van der Waals surface area (Å²) in [5.74, 6) is -0.288. The lowest BCUT2D eigenvalue weighted by atomic mass is 10.0. The summed E-state index contributed by atoms with van der Waals surface area (Å²) in [6.07, 6.45) is 2.23. The van der Waals surface area contributed by atoms with E-state index in [9.17, 15) is 4.79 Å². The van der Waals surface area contributed by atoms with Gasteiger partial charge in [0.25, 0.3) is 0 Å². The van der Waals surface area contributed by atoms with Gasteiger partial charge < -0.3 is 16.4 Å². The van der Waals surface area contributed by atoms with Gasteiger partial charge in [0.05, 0.1) is 0 Å². The molecule has 0 radical (unpaired) electrons. The van der Waals surface area contributed by atoms with Gasteiger partial charge in [0.15, 0.2) is 0 Å². The second-order valence-corrected chi connectivity index (χ2v) is 3.97. The zero-order chi connectivity index (χ0) is 9.84. The highest BCUT2D eigenvalue weighted by molar-refractivity contribution is 5.76. The standard InChI is InChI=1S/C9H19N3O/c1-7(9(11)13)5-12-4-2-3-8(10)6-12/h7-8H,2-6,10H2,1H3,(H2,11,13)/t7?,8-/m1/s1. The van der Waals surface area contributed by atoms with E-state index < -0.39 is 0 Å². The highest BCUT2D eigenvalue weighted by Crippen LogP contribution is 2.10. The van der Waals surface area contributed by atoms with Gasteiger partial charge in [-0.1, -0.05) is 6.92 Å². The van der Waals surface area contributed by atoms with Crippen LogP contribution in [-0.2, 0) is 4.79 Å². The minimum atomic E-state index is -0.223. The van der Waals surface area contributed by atoms with Gasteiger partial charge in [0.2, 0.25) is 5.91 Å². The van der Waals surface area contributed by atoms with Crippen LogP contribution >= 0.6 is 0 Å². The van der Waals surface area contributed by atoms with Crippen molar-refractivity contribution in [1.82, 2.24) is 4.90 Å². The molecular weight excluding hydrogens is 166 g/mol. The lowest BCUT2D eigenvalue weighted by molar-refractivity contribution is -0.121. The Morgan fingerprint density at radius 3 is 2.92 bits per heavy atom. The molecule has 1 saturated heterocycles. The molecule has 4 nitrogen and oxygen atoms in total. The normalized spacial score (nSPS) is 27.1. The Labute approximate surface area is 79.3 Å². The Kier molecular flexibility index (Phi) is 3.69. The van der Waals surface area contributed by atoms with E-state index >= 15 is 0 Å². The predicted molar refractivity (Wildman–Crippen MR) is 52.0 cm³/mol. The summed E-state index contributed by atoms with van der Waals surface area (Å²) in [7, 11) is 0. The Bertz CT molecular complexity index is 184. The Balaban J connectivity index is 2.31. The van der Waals surface area contributed by atoms with Crippen molar-refractivity contribution in [3.8, 4) is 0 Å². The first-order valence-corrected chi connectivity index (χ1v) is 4.87. The largest absolute Gasteiger partial charge is 0.369 e. The molecular formula is C9H19N3O. The predicted octanol–water partition coefficient (Wildman–Crippen LogP) is -0.469. The van der Waals surface area contributed by atoms with Crippen LogP contribution in [0.5, 0.6) is 0 Å². The maximum absolute atomic E-state index is 10.8. The van der Waals surface area contributed by atoms with Crippen molar-refractivity contribution in [1.29, 1.82) is 0 Å². The van der Waals surface area contributed by atoms with Crippen LogP contribution in [0.25, 0.3) is 0 Å². The third kappa shape index (κ3) is 3.32. The second-order valence-electron chi connectivity index (χ2n) is 3.97. The summed E-state index contributed by atoms with van der Waals surface area (Å²) in [6, 6.07) is 0.272. The summed E-state index contributed by atoms with van der Waals surface area (Å²) >= 11 is 0. The topological polar surface area (TPSA) is 72.3 Å². The zero-order valence-electron chi connectivity index (χ0n) is 8.20. The number of hydrogen-bond acceptors (Lipinski definition) is 3. The molecule has 13 heavy (non-hydrogen) atoms. The van der Waals surface area contributed by atoms with Crippen LogP contribution in [0.3, 0.4) is 0 Å². The average Bonchev–Trinajstić information content (AvgIpc) is 2.04. The van der Waals surface area contributed by atoms with Crippen molar-refractivity contribution in [3.63, 3.8) is 0 Å². The number of piperidine rings is 1. The number of hydrogen-bond donors (Lipinski definition) is 2. The van der Waals surface area contributed by atoms with Crippen molar-refractivity contribution in [2.24, 2.45) is 17.4 Å². The summed E-state index contributed by atoms with van der Waals surface area (Å²) in [6.45, 7) is 4.56. The van der Waals surface area contributed by atoms with Crippen molar-refractivity contribution in [2.75, 3.05) is 19.6 Å². The summed E-state index contributed by atoms with van der Waals surface area (Å²) in [5.41, 5.74) is 11.0. The van der Waals surface area contributed by atoms with Gasteiger partial charge >= 0.3 is 0 Å². The van der Waals surface area contributed by atoms with Crippen molar-refractivity contribution in [3.05, 3.63) is 0 Å². The molecule has 0 aromatic rings. The molecule has 1 heterocycles. The minimum Gasteiger partial charge on any atom is -0.369 e. The fourth-order valence-corrected chi connectivity index (χ4v) is 1.73. The number of primary amides is 1. The Hall–Kier alpha value is -0.610. The summed E-state index contributed by atoms with van der Waals surface area (Å²) in [5, 5.41) is 0. The first-order valence-electron chi connectivity index (χ1n) is 4.87. The first-order chi connectivity index (χ1) is 6.09. The second kappa shape index (κ2) is 4.58. The third-order valence-corrected chi connectivity index (χ3v) is 2.56. The fourth-order valence-electron chi connectivity index (χ4n) is 1.73. The highest BCUT2D eigenvalue weighted by atomic mass is 16.1. The molecule has 0 spiro atoms. The van der Waals surface area contributed by atoms with Crippen LogP contribution in [0.2, 0.25) is 0 Å². The number of carbonyl (C=O) groups excluding carboxylic acids is 1. The number of amides is 1. The summed E-state index contributed by atoms with van der Waals surface area (Å²) < 4.78 is 0. The number of nitrogens with zero attached hydrogens (tertiary/aromatic N) is 1. The molecule has 0 aromatic carbocycles. The number of likely N-dealkylation sites (tertiary alicyclic amines) is 1. The maximum Gasteiger partial charge on any atom is 0.221 e. The first kappa shape index (κ1) is 10.5. The van der Waals surface area contributed by atoms with E-state index in [2.05, 4.69) is 4.90 Å². The molecule has 76 valence electrons. The monoisotopic (exact) mass is 185 g/mol. The molecule has 1 aliphatic heterocycles. The smallest absolute Gasteiger partial charge is 0.221 e. The van der Waals surface area contributed by atoms with Crippen LogP contribution < -0.4 is 11.5 Å². The molecule has 1 unspecified atom stereocenters. The molecule has 4 heteroatoms. The van der Waals surface area contributed by atoms with E-state index in [0.717, 1.165) is 32.5 Å². The van der Waals surface area contributed by atoms with E-state index in [4.69, 9.17) is 11.5 Å². The van der Waals surface area contributed by atoms with Gasteiger partial charge in [-0.3, -0.25) is 4.79 Å². The van der Waals surface area contributed by atoms with Gasteiger partial charge in [0.1, 0.15) is 0 Å². The van der Waals surface area contributed by atoms with Gasteiger partial charge in [-0.2, -0.15) is 0 Å². The number of nitrogens with two attached hydrogens (primary N) is 2. The third-order valence-electron chi connectivity index (χ3n) is 2.56. The van der Waals surface area contributed by atoms with Crippen LogP contribution in [-0.4, -0.2) is 36.5 Å². The number of rotatable bonds is 3. The Morgan fingerprint density at radius 2 is 2.38 bits per heavy atom. The number of carbonyl (C=O) groups is 1. The van der Waals surface area contributed by atoms with E-state index in [1.54, 1.807) is 0 Å². The van der Waals surface area contributed by atoms with E-state index in [0.29, 0.717) is 0 Å². The SMILES string of the molecule is CC(CN1CCC[C@@H](N)C1)C(N)=O. The van der Waals surface area contributed by atoms with Gasteiger partial charge in [-0.05, 0) is 19.4 Å². The molecule has 0 bridgehead atoms. The van der Waals surface area contributed by atoms with Crippen LogP contribution in [0, 0.1) is 5.92 Å². The molecule has 0 aliphatic carbocycles. The quantitative estimate of drug-likeness (QED) is 0.624.